The average Bonchev–Trinajstić information content (AvgIpc) is 2.76. The normalized spacial score (nSPS) is 12.0. The molecule has 3 aromatic carbocycles. The SMILES string of the molecule is COc1ccccc1C(CC(=O)/C=C\c1ccccc1)NCc1ccccc1. The molecule has 3 aromatic rings. The molecule has 1 unspecified atom stereocenters. The maximum atomic E-state index is 12.6. The van der Waals surface area contributed by atoms with E-state index in [1.165, 1.54) is 5.56 Å². The quantitative estimate of drug-likeness (QED) is 0.526. The van der Waals surface area contributed by atoms with Crippen molar-refractivity contribution in [1.82, 2.24) is 5.32 Å². The van der Waals surface area contributed by atoms with Gasteiger partial charge in [-0.05, 0) is 23.3 Å². The first kappa shape index (κ1) is 19.6. The second kappa shape index (κ2) is 10.2. The van der Waals surface area contributed by atoms with Crippen molar-refractivity contribution in [3.8, 4) is 5.75 Å². The zero-order valence-corrected chi connectivity index (χ0v) is 16.0. The molecule has 28 heavy (non-hydrogen) atoms. The lowest BCUT2D eigenvalue weighted by atomic mass is 9.99. The van der Waals surface area contributed by atoms with Gasteiger partial charge >= 0.3 is 0 Å². The number of para-hydroxylation sites is 1. The van der Waals surface area contributed by atoms with Crippen LogP contribution < -0.4 is 10.1 Å². The smallest absolute Gasteiger partial charge is 0.157 e. The third kappa shape index (κ3) is 5.66. The number of hydrogen-bond donors (Lipinski definition) is 1. The number of allylic oxidation sites excluding steroid dienone is 1. The fourth-order valence-electron chi connectivity index (χ4n) is 3.11. The Balaban J connectivity index is 1.75. The number of methoxy groups -OCH3 is 1. The van der Waals surface area contributed by atoms with Crippen LogP contribution in [0.4, 0.5) is 0 Å². The highest BCUT2D eigenvalue weighted by molar-refractivity contribution is 5.94. The van der Waals surface area contributed by atoms with Gasteiger partial charge < -0.3 is 10.1 Å². The molecule has 1 N–H and O–H groups in total. The molecule has 142 valence electrons. The highest BCUT2D eigenvalue weighted by Crippen LogP contribution is 2.27. The summed E-state index contributed by atoms with van der Waals surface area (Å²) in [5.41, 5.74) is 3.18. The third-order valence-corrected chi connectivity index (χ3v) is 4.58. The molecule has 3 heteroatoms. The van der Waals surface area contributed by atoms with Gasteiger partial charge in [-0.15, -0.1) is 0 Å². The molecular weight excluding hydrogens is 346 g/mol. The Morgan fingerprint density at radius 2 is 1.57 bits per heavy atom. The number of ketones is 1. The zero-order chi connectivity index (χ0) is 19.6. The van der Waals surface area contributed by atoms with Crippen molar-refractivity contribution in [3.05, 3.63) is 108 Å². The number of carbonyl (C=O) groups is 1. The van der Waals surface area contributed by atoms with Crippen molar-refractivity contribution in [2.75, 3.05) is 7.11 Å². The molecule has 0 fully saturated rings. The van der Waals surface area contributed by atoms with Crippen LogP contribution >= 0.6 is 0 Å². The number of ether oxygens (including phenoxy) is 1. The van der Waals surface area contributed by atoms with Gasteiger partial charge in [-0.3, -0.25) is 4.79 Å². The van der Waals surface area contributed by atoms with Crippen LogP contribution in [0.1, 0.15) is 29.2 Å². The first-order chi connectivity index (χ1) is 13.8. The molecular formula is C25H25NO2. The molecule has 0 saturated heterocycles. The van der Waals surface area contributed by atoms with Crippen LogP contribution in [-0.2, 0) is 11.3 Å². The summed E-state index contributed by atoms with van der Waals surface area (Å²) in [6.45, 7) is 0.680. The highest BCUT2D eigenvalue weighted by atomic mass is 16.5. The van der Waals surface area contributed by atoms with Crippen molar-refractivity contribution in [2.45, 2.75) is 19.0 Å². The Hall–Kier alpha value is -3.17. The maximum Gasteiger partial charge on any atom is 0.157 e. The van der Waals surface area contributed by atoms with E-state index >= 15 is 0 Å². The summed E-state index contributed by atoms with van der Waals surface area (Å²) < 4.78 is 5.52. The summed E-state index contributed by atoms with van der Waals surface area (Å²) in [6.07, 6.45) is 3.87. The molecule has 0 saturated carbocycles. The van der Waals surface area contributed by atoms with Gasteiger partial charge in [-0.2, -0.15) is 0 Å². The summed E-state index contributed by atoms with van der Waals surface area (Å²) >= 11 is 0. The highest BCUT2D eigenvalue weighted by Gasteiger charge is 2.18. The first-order valence-corrected chi connectivity index (χ1v) is 9.42. The van der Waals surface area contributed by atoms with Crippen LogP contribution in [0.5, 0.6) is 5.75 Å². The van der Waals surface area contributed by atoms with E-state index < -0.39 is 0 Å². The molecule has 0 amide bonds. The van der Waals surface area contributed by atoms with Gasteiger partial charge in [-0.1, -0.05) is 84.9 Å². The Morgan fingerprint density at radius 1 is 0.929 bits per heavy atom. The number of carbonyl (C=O) groups excluding carboxylic acids is 1. The molecule has 0 aliphatic carbocycles. The summed E-state index contributed by atoms with van der Waals surface area (Å²) in [7, 11) is 1.66. The van der Waals surface area contributed by atoms with Crippen LogP contribution in [0.25, 0.3) is 6.08 Å². The third-order valence-electron chi connectivity index (χ3n) is 4.58. The number of benzene rings is 3. The first-order valence-electron chi connectivity index (χ1n) is 9.42. The van der Waals surface area contributed by atoms with Crippen LogP contribution in [0.15, 0.2) is 91.0 Å². The Kier molecular flexibility index (Phi) is 7.16. The van der Waals surface area contributed by atoms with Crippen molar-refractivity contribution in [3.63, 3.8) is 0 Å². The minimum absolute atomic E-state index is 0.0697. The zero-order valence-electron chi connectivity index (χ0n) is 16.0. The van der Waals surface area contributed by atoms with Gasteiger partial charge in [0.25, 0.3) is 0 Å². The number of hydrogen-bond acceptors (Lipinski definition) is 3. The van der Waals surface area contributed by atoms with Gasteiger partial charge in [0.05, 0.1) is 7.11 Å². The van der Waals surface area contributed by atoms with E-state index in [9.17, 15) is 4.79 Å². The largest absolute Gasteiger partial charge is 0.496 e. The van der Waals surface area contributed by atoms with Crippen molar-refractivity contribution < 1.29 is 9.53 Å². The minimum atomic E-state index is -0.135. The molecule has 1 atom stereocenters. The van der Waals surface area contributed by atoms with E-state index in [-0.39, 0.29) is 11.8 Å². The molecule has 0 bridgehead atoms. The summed E-state index contributed by atoms with van der Waals surface area (Å²) in [6, 6.07) is 27.7. The Bertz CT molecular complexity index is 904. The predicted molar refractivity (Wildman–Crippen MR) is 114 cm³/mol. The molecule has 0 radical (unpaired) electrons. The molecule has 0 heterocycles. The summed E-state index contributed by atoms with van der Waals surface area (Å²) in [4.78, 5) is 12.6. The molecule has 3 nitrogen and oxygen atoms in total. The van der Waals surface area contributed by atoms with Crippen molar-refractivity contribution in [2.24, 2.45) is 0 Å². The maximum absolute atomic E-state index is 12.6. The van der Waals surface area contributed by atoms with E-state index in [2.05, 4.69) is 17.4 Å². The van der Waals surface area contributed by atoms with Crippen molar-refractivity contribution >= 4 is 11.9 Å². The van der Waals surface area contributed by atoms with Gasteiger partial charge in [0.15, 0.2) is 5.78 Å². The molecule has 0 aliphatic heterocycles. The number of nitrogens with one attached hydrogen (secondary N) is 1. The lowest BCUT2D eigenvalue weighted by molar-refractivity contribution is -0.115. The van der Waals surface area contributed by atoms with E-state index in [1.54, 1.807) is 13.2 Å². The van der Waals surface area contributed by atoms with Crippen LogP contribution in [0, 0.1) is 0 Å². The standard InChI is InChI=1S/C25H25NO2/c1-28-25-15-9-8-14-23(25)24(26-19-21-12-6-3-7-13-21)18-22(27)17-16-20-10-4-2-5-11-20/h2-17,24,26H,18-19H2,1H3/b17-16-. The van der Waals surface area contributed by atoms with Crippen LogP contribution in [0.2, 0.25) is 0 Å². The molecule has 0 aromatic heterocycles. The van der Waals surface area contributed by atoms with Gasteiger partial charge in [0, 0.05) is 24.6 Å². The van der Waals surface area contributed by atoms with E-state index in [1.807, 2.05) is 78.9 Å². The van der Waals surface area contributed by atoms with Gasteiger partial charge in [0.1, 0.15) is 5.75 Å². The second-order valence-corrected chi connectivity index (χ2v) is 6.58. The van der Waals surface area contributed by atoms with E-state index in [0.717, 1.165) is 16.9 Å². The van der Waals surface area contributed by atoms with Crippen LogP contribution in [-0.4, -0.2) is 12.9 Å². The number of rotatable bonds is 9. The molecule has 0 spiro atoms. The fraction of sp³-hybridized carbons (Fsp3) is 0.160. The lowest BCUT2D eigenvalue weighted by Crippen LogP contribution is -2.23. The van der Waals surface area contributed by atoms with Crippen LogP contribution in [0.3, 0.4) is 0 Å². The average molecular weight is 371 g/mol. The fourth-order valence-corrected chi connectivity index (χ4v) is 3.11. The molecule has 0 aliphatic rings. The summed E-state index contributed by atoms with van der Waals surface area (Å²) in [5, 5.41) is 3.52. The van der Waals surface area contributed by atoms with Gasteiger partial charge in [0.2, 0.25) is 0 Å². The second-order valence-electron chi connectivity index (χ2n) is 6.58. The van der Waals surface area contributed by atoms with E-state index in [0.29, 0.717) is 13.0 Å². The molecule has 3 rings (SSSR count). The Morgan fingerprint density at radius 3 is 2.29 bits per heavy atom. The Labute approximate surface area is 166 Å². The lowest BCUT2D eigenvalue weighted by Gasteiger charge is -2.20. The summed E-state index contributed by atoms with van der Waals surface area (Å²) in [5.74, 6) is 0.855. The van der Waals surface area contributed by atoms with Crippen molar-refractivity contribution in [1.29, 1.82) is 0 Å². The monoisotopic (exact) mass is 371 g/mol. The topological polar surface area (TPSA) is 38.3 Å². The minimum Gasteiger partial charge on any atom is -0.496 e. The van der Waals surface area contributed by atoms with E-state index in [4.69, 9.17) is 4.74 Å². The van der Waals surface area contributed by atoms with Gasteiger partial charge in [-0.25, -0.2) is 0 Å². The predicted octanol–water partition coefficient (Wildman–Crippen LogP) is 5.20.